The minimum Gasteiger partial charge on any atom is -0.497 e. The van der Waals surface area contributed by atoms with Crippen LogP contribution in [0.2, 0.25) is 0 Å². The molecular weight excluding hydrogens is 290 g/mol. The number of carbonyl (C=O) groups is 1. The molecule has 2 aromatic rings. The highest BCUT2D eigenvalue weighted by atomic mass is 16.5. The predicted molar refractivity (Wildman–Crippen MR) is 93.6 cm³/mol. The number of anilines is 1. The van der Waals surface area contributed by atoms with E-state index in [0.717, 1.165) is 17.0 Å². The average Bonchev–Trinajstić information content (AvgIpc) is 2.61. The summed E-state index contributed by atoms with van der Waals surface area (Å²) in [4.78, 5) is 11.6. The van der Waals surface area contributed by atoms with E-state index in [-0.39, 0.29) is 12.5 Å². The van der Waals surface area contributed by atoms with Crippen LogP contribution < -0.4 is 15.5 Å². The van der Waals surface area contributed by atoms with Gasteiger partial charge < -0.3 is 10.1 Å². The molecule has 0 fully saturated rings. The maximum absolute atomic E-state index is 11.6. The standard InChI is InChI=1S/C18H19N3O2/c1-23-17-11-9-16(10-12-17)19-14-18(22)21-20-13-5-8-15-6-3-2-4-7-15/h2-13,19H,14H2,1H3,(H,21,22)/b8-5-,20-13?. The van der Waals surface area contributed by atoms with E-state index >= 15 is 0 Å². The monoisotopic (exact) mass is 309 g/mol. The van der Waals surface area contributed by atoms with Gasteiger partial charge in [0.1, 0.15) is 5.75 Å². The molecule has 0 atom stereocenters. The number of ether oxygens (including phenoxy) is 1. The Morgan fingerprint density at radius 2 is 1.87 bits per heavy atom. The van der Waals surface area contributed by atoms with E-state index in [0.29, 0.717) is 0 Å². The Labute approximate surface area is 135 Å². The summed E-state index contributed by atoms with van der Waals surface area (Å²) in [5.41, 5.74) is 4.37. The van der Waals surface area contributed by atoms with Gasteiger partial charge >= 0.3 is 0 Å². The van der Waals surface area contributed by atoms with Crippen LogP contribution in [0.25, 0.3) is 6.08 Å². The Balaban J connectivity index is 1.70. The van der Waals surface area contributed by atoms with Crippen molar-refractivity contribution in [1.29, 1.82) is 0 Å². The average molecular weight is 309 g/mol. The number of nitrogens with zero attached hydrogens (tertiary/aromatic N) is 1. The quantitative estimate of drug-likeness (QED) is 0.610. The highest BCUT2D eigenvalue weighted by Gasteiger charge is 1.99. The highest BCUT2D eigenvalue weighted by Crippen LogP contribution is 2.14. The van der Waals surface area contributed by atoms with Gasteiger partial charge in [-0.05, 0) is 35.9 Å². The number of benzene rings is 2. The van der Waals surface area contributed by atoms with Crippen molar-refractivity contribution in [2.24, 2.45) is 5.10 Å². The summed E-state index contributed by atoms with van der Waals surface area (Å²) in [6.07, 6.45) is 5.22. The Morgan fingerprint density at radius 1 is 1.13 bits per heavy atom. The van der Waals surface area contributed by atoms with Gasteiger partial charge in [-0.15, -0.1) is 0 Å². The lowest BCUT2D eigenvalue weighted by Gasteiger charge is -2.06. The second-order valence-corrected chi connectivity index (χ2v) is 4.67. The number of carbonyl (C=O) groups excluding carboxylic acids is 1. The molecule has 0 aliphatic rings. The zero-order valence-electron chi connectivity index (χ0n) is 12.9. The number of allylic oxidation sites excluding steroid dienone is 1. The van der Waals surface area contributed by atoms with Crippen LogP contribution >= 0.6 is 0 Å². The first-order valence-corrected chi connectivity index (χ1v) is 7.19. The van der Waals surface area contributed by atoms with E-state index in [9.17, 15) is 4.79 Å². The summed E-state index contributed by atoms with van der Waals surface area (Å²) in [7, 11) is 1.61. The molecule has 5 heteroatoms. The molecule has 0 unspecified atom stereocenters. The smallest absolute Gasteiger partial charge is 0.259 e. The molecule has 0 spiro atoms. The zero-order valence-corrected chi connectivity index (χ0v) is 12.9. The molecule has 2 aromatic carbocycles. The third-order valence-electron chi connectivity index (χ3n) is 2.98. The summed E-state index contributed by atoms with van der Waals surface area (Å²) in [6.45, 7) is 0.145. The second-order valence-electron chi connectivity index (χ2n) is 4.67. The van der Waals surface area contributed by atoms with Gasteiger partial charge in [0, 0.05) is 11.9 Å². The molecule has 118 valence electrons. The molecule has 0 aliphatic carbocycles. The molecule has 0 radical (unpaired) electrons. The summed E-state index contributed by atoms with van der Waals surface area (Å²) >= 11 is 0. The molecule has 0 saturated heterocycles. The first kappa shape index (κ1) is 16.3. The van der Waals surface area contributed by atoms with Gasteiger partial charge in [-0.2, -0.15) is 5.10 Å². The van der Waals surface area contributed by atoms with Crippen molar-refractivity contribution >= 4 is 23.9 Å². The fourth-order valence-electron chi connectivity index (χ4n) is 1.80. The molecule has 1 amide bonds. The van der Waals surface area contributed by atoms with Gasteiger partial charge in [0.25, 0.3) is 5.91 Å². The number of hydrogen-bond acceptors (Lipinski definition) is 4. The molecule has 2 N–H and O–H groups in total. The molecule has 23 heavy (non-hydrogen) atoms. The molecule has 5 nitrogen and oxygen atoms in total. The number of amides is 1. The largest absolute Gasteiger partial charge is 0.497 e. The van der Waals surface area contributed by atoms with Gasteiger partial charge in [0.15, 0.2) is 0 Å². The molecular formula is C18H19N3O2. The van der Waals surface area contributed by atoms with Crippen LogP contribution in [0.15, 0.2) is 65.8 Å². The minimum atomic E-state index is -0.217. The Morgan fingerprint density at radius 3 is 2.57 bits per heavy atom. The van der Waals surface area contributed by atoms with Crippen LogP contribution in [0, 0.1) is 0 Å². The van der Waals surface area contributed by atoms with Crippen molar-refractivity contribution in [3.8, 4) is 5.75 Å². The van der Waals surface area contributed by atoms with Crippen LogP contribution in [-0.2, 0) is 4.79 Å². The fraction of sp³-hybridized carbons (Fsp3) is 0.111. The SMILES string of the molecule is COc1ccc(NCC(=O)NN=C/C=C\c2ccccc2)cc1. The molecule has 0 aliphatic heterocycles. The maximum atomic E-state index is 11.6. The van der Waals surface area contributed by atoms with E-state index < -0.39 is 0 Å². The molecule has 0 saturated carbocycles. The van der Waals surface area contributed by atoms with Gasteiger partial charge in [0.2, 0.25) is 0 Å². The van der Waals surface area contributed by atoms with Crippen LogP contribution in [0.3, 0.4) is 0 Å². The zero-order chi connectivity index (χ0) is 16.3. The van der Waals surface area contributed by atoms with E-state index in [2.05, 4.69) is 15.8 Å². The summed E-state index contributed by atoms with van der Waals surface area (Å²) in [6, 6.07) is 17.2. The Bertz CT molecular complexity index is 664. The lowest BCUT2D eigenvalue weighted by atomic mass is 10.2. The second kappa shape index (κ2) is 9.04. The number of methoxy groups -OCH3 is 1. The normalized spacial score (nSPS) is 10.8. The van der Waals surface area contributed by atoms with Crippen LogP contribution in [0.1, 0.15) is 5.56 Å². The molecule has 0 bridgehead atoms. The van der Waals surface area contributed by atoms with E-state index in [4.69, 9.17) is 4.74 Å². The van der Waals surface area contributed by atoms with Crippen molar-refractivity contribution in [3.05, 3.63) is 66.2 Å². The lowest BCUT2D eigenvalue weighted by molar-refractivity contribution is -0.119. The van der Waals surface area contributed by atoms with E-state index in [1.165, 1.54) is 6.21 Å². The lowest BCUT2D eigenvalue weighted by Crippen LogP contribution is -2.25. The molecule has 2 rings (SSSR count). The first-order chi connectivity index (χ1) is 11.3. The Kier molecular flexibility index (Phi) is 6.41. The Hall–Kier alpha value is -3.08. The predicted octanol–water partition coefficient (Wildman–Crippen LogP) is 2.92. The summed E-state index contributed by atoms with van der Waals surface area (Å²) in [5, 5.41) is 6.86. The van der Waals surface area contributed by atoms with Crippen molar-refractivity contribution < 1.29 is 9.53 Å². The van der Waals surface area contributed by atoms with Crippen LogP contribution in [0.5, 0.6) is 5.75 Å². The number of rotatable bonds is 7. The minimum absolute atomic E-state index is 0.145. The van der Waals surface area contributed by atoms with Crippen molar-refractivity contribution in [2.45, 2.75) is 0 Å². The number of nitrogens with one attached hydrogen (secondary N) is 2. The van der Waals surface area contributed by atoms with Crippen molar-refractivity contribution in [2.75, 3.05) is 19.0 Å². The van der Waals surface area contributed by atoms with Gasteiger partial charge in [-0.1, -0.05) is 36.4 Å². The topological polar surface area (TPSA) is 62.7 Å². The third kappa shape index (κ3) is 6.05. The van der Waals surface area contributed by atoms with E-state index in [1.807, 2.05) is 60.7 Å². The van der Waals surface area contributed by atoms with Crippen LogP contribution in [-0.4, -0.2) is 25.8 Å². The van der Waals surface area contributed by atoms with Gasteiger partial charge in [0.05, 0.1) is 13.7 Å². The molecule has 0 heterocycles. The van der Waals surface area contributed by atoms with Crippen molar-refractivity contribution in [3.63, 3.8) is 0 Å². The summed E-state index contributed by atoms with van der Waals surface area (Å²) in [5.74, 6) is 0.556. The third-order valence-corrected chi connectivity index (χ3v) is 2.98. The van der Waals surface area contributed by atoms with E-state index in [1.54, 1.807) is 13.2 Å². The van der Waals surface area contributed by atoms with Gasteiger partial charge in [-0.3, -0.25) is 4.79 Å². The maximum Gasteiger partial charge on any atom is 0.259 e. The number of hydrogen-bond donors (Lipinski definition) is 2. The fourth-order valence-corrected chi connectivity index (χ4v) is 1.80. The van der Waals surface area contributed by atoms with Gasteiger partial charge in [-0.25, -0.2) is 5.43 Å². The first-order valence-electron chi connectivity index (χ1n) is 7.19. The molecule has 0 aromatic heterocycles. The van der Waals surface area contributed by atoms with Crippen LogP contribution in [0.4, 0.5) is 5.69 Å². The highest BCUT2D eigenvalue weighted by molar-refractivity contribution is 5.83. The summed E-state index contributed by atoms with van der Waals surface area (Å²) < 4.78 is 5.07. The van der Waals surface area contributed by atoms with Crippen molar-refractivity contribution in [1.82, 2.24) is 5.43 Å². The number of hydrazone groups is 1.